The number of alkyl halides is 6. The van der Waals surface area contributed by atoms with Gasteiger partial charge in [-0.25, -0.2) is 4.21 Å². The van der Waals surface area contributed by atoms with Crippen molar-refractivity contribution in [3.8, 4) is 0 Å². The predicted octanol–water partition coefficient (Wildman–Crippen LogP) is 9.65. The molecular formula is C28H37Br6Cl3N2O5S. The standard InChI is InChI=1S/C12H15Br2NO.C8H11N.C4H5Br2ClO.C4H6Br2O2.Cl2OS/c1-9(10-5-3-2-4-6-10)15-12(16)11(7-13)8-14;1-7(9)8-5-3-2-4-6-8;2*5-1-3(2-6)4(7)8;1-4(2)3/h2-6,9,11H,7-8H2,1H3,(H,15,16);2-7H,9H2,1H3;3H,1-2H2;3H,1-2H2,(H,7,8);/t9-;7-;;;/m11.../s1. The van der Waals surface area contributed by atoms with Crippen molar-refractivity contribution < 1.29 is 23.7 Å². The van der Waals surface area contributed by atoms with Crippen molar-refractivity contribution in [1.29, 1.82) is 0 Å². The fourth-order valence-corrected chi connectivity index (χ4v) is 7.90. The Morgan fingerprint density at radius 2 is 1.07 bits per heavy atom. The molecule has 2 aromatic carbocycles. The Morgan fingerprint density at radius 1 is 0.733 bits per heavy atom. The van der Waals surface area contributed by atoms with E-state index in [0.29, 0.717) is 32.0 Å². The molecule has 45 heavy (non-hydrogen) atoms. The van der Waals surface area contributed by atoms with Gasteiger partial charge < -0.3 is 16.2 Å². The minimum atomic E-state index is -1.67. The molecule has 0 bridgehead atoms. The van der Waals surface area contributed by atoms with Gasteiger partial charge in [0.15, 0.2) is 0 Å². The molecule has 7 nitrogen and oxygen atoms in total. The number of carbonyl (C=O) groups excluding carboxylic acids is 2. The molecular weight excluding hydrogens is 1060 g/mol. The summed E-state index contributed by atoms with van der Waals surface area (Å²) < 4.78 is 9.09. The highest BCUT2D eigenvalue weighted by Gasteiger charge is 2.18. The van der Waals surface area contributed by atoms with E-state index in [-0.39, 0.29) is 41.0 Å². The molecule has 17 heteroatoms. The van der Waals surface area contributed by atoms with Crippen LogP contribution in [0.3, 0.4) is 0 Å². The highest BCUT2D eigenvalue weighted by Crippen LogP contribution is 2.14. The van der Waals surface area contributed by atoms with Gasteiger partial charge in [-0.3, -0.25) is 14.4 Å². The summed E-state index contributed by atoms with van der Waals surface area (Å²) in [4.78, 5) is 32.2. The van der Waals surface area contributed by atoms with Crippen LogP contribution in [0, 0.1) is 17.8 Å². The van der Waals surface area contributed by atoms with Crippen LogP contribution in [0.25, 0.3) is 0 Å². The highest BCUT2D eigenvalue weighted by atomic mass is 79.9. The number of carboxylic acid groups (broad SMARTS) is 1. The molecule has 0 aliphatic carbocycles. The molecule has 0 heterocycles. The van der Waals surface area contributed by atoms with Gasteiger partial charge >= 0.3 is 5.97 Å². The average molecular weight is 1100 g/mol. The summed E-state index contributed by atoms with van der Waals surface area (Å²) in [5.41, 5.74) is 7.93. The van der Waals surface area contributed by atoms with Crippen LogP contribution in [0.2, 0.25) is 0 Å². The maximum absolute atomic E-state index is 11.8. The Kier molecular flexibility index (Phi) is 37.3. The molecule has 2 aromatic rings. The van der Waals surface area contributed by atoms with Crippen molar-refractivity contribution in [3.05, 3.63) is 71.8 Å². The van der Waals surface area contributed by atoms with E-state index in [2.05, 4.69) is 122 Å². The van der Waals surface area contributed by atoms with E-state index in [4.69, 9.17) is 26.7 Å². The van der Waals surface area contributed by atoms with E-state index in [1.165, 1.54) is 5.56 Å². The van der Waals surface area contributed by atoms with Crippen molar-refractivity contribution in [2.75, 3.05) is 32.0 Å². The minimum absolute atomic E-state index is 0.0221. The zero-order chi connectivity index (χ0) is 35.4. The molecule has 2 rings (SSSR count). The Morgan fingerprint density at radius 3 is 1.27 bits per heavy atom. The van der Waals surface area contributed by atoms with E-state index < -0.39 is 15.2 Å². The molecule has 2 atom stereocenters. The lowest BCUT2D eigenvalue weighted by Gasteiger charge is -2.17. The van der Waals surface area contributed by atoms with Crippen LogP contribution in [0.1, 0.15) is 37.1 Å². The summed E-state index contributed by atoms with van der Waals surface area (Å²) in [6, 6.07) is 20.2. The molecule has 0 fully saturated rings. The maximum atomic E-state index is 11.8. The van der Waals surface area contributed by atoms with Crippen molar-refractivity contribution >= 4 is 155 Å². The van der Waals surface area contributed by atoms with Crippen molar-refractivity contribution in [2.24, 2.45) is 23.5 Å². The van der Waals surface area contributed by atoms with Crippen LogP contribution in [-0.2, 0) is 23.6 Å². The third kappa shape index (κ3) is 29.5. The Balaban J connectivity index is -0.000000526. The number of carboxylic acids is 1. The fourth-order valence-electron chi connectivity index (χ4n) is 2.43. The number of nitrogens with one attached hydrogen (secondary N) is 1. The number of rotatable bonds is 12. The second-order valence-electron chi connectivity index (χ2n) is 8.68. The van der Waals surface area contributed by atoms with Gasteiger partial charge in [0, 0.05) is 59.4 Å². The van der Waals surface area contributed by atoms with E-state index in [9.17, 15) is 14.4 Å². The molecule has 0 saturated heterocycles. The van der Waals surface area contributed by atoms with Gasteiger partial charge in [-0.15, -0.1) is 0 Å². The van der Waals surface area contributed by atoms with Crippen LogP contribution < -0.4 is 11.1 Å². The Labute approximate surface area is 333 Å². The second kappa shape index (κ2) is 33.4. The Hall–Kier alpha value is 0.910. The third-order valence-electron chi connectivity index (χ3n) is 5.14. The van der Waals surface area contributed by atoms with Gasteiger partial charge in [0.2, 0.25) is 20.4 Å². The summed E-state index contributed by atoms with van der Waals surface area (Å²) in [6.45, 7) is 3.97. The first-order chi connectivity index (χ1) is 21.2. The topological polar surface area (TPSA) is 127 Å². The van der Waals surface area contributed by atoms with E-state index in [1.807, 2.05) is 74.5 Å². The molecule has 0 aliphatic heterocycles. The first kappa shape index (κ1) is 50.3. The quantitative estimate of drug-likeness (QED) is 0.144. The first-order valence-electron chi connectivity index (χ1n) is 12.8. The number of amides is 1. The molecule has 0 aliphatic rings. The summed E-state index contributed by atoms with van der Waals surface area (Å²) in [7, 11) is 7.36. The third-order valence-corrected chi connectivity index (χ3v) is 10.1. The molecule has 0 radical (unpaired) electrons. The normalized spacial score (nSPS) is 11.4. The van der Waals surface area contributed by atoms with Crippen molar-refractivity contribution in [1.82, 2.24) is 5.32 Å². The Bertz CT molecular complexity index is 1030. The zero-order valence-electron chi connectivity index (χ0n) is 24.4. The van der Waals surface area contributed by atoms with Crippen LogP contribution in [0.5, 0.6) is 0 Å². The molecule has 0 saturated carbocycles. The largest absolute Gasteiger partial charge is 0.481 e. The highest BCUT2D eigenvalue weighted by molar-refractivity contribution is 9.10. The lowest BCUT2D eigenvalue weighted by atomic mass is 10.1. The lowest BCUT2D eigenvalue weighted by Crippen LogP contribution is -2.34. The van der Waals surface area contributed by atoms with Gasteiger partial charge in [0.1, 0.15) is 0 Å². The van der Waals surface area contributed by atoms with Gasteiger partial charge in [0.25, 0.3) is 0 Å². The van der Waals surface area contributed by atoms with Crippen molar-refractivity contribution in [2.45, 2.75) is 25.9 Å². The van der Waals surface area contributed by atoms with E-state index in [1.54, 1.807) is 0 Å². The molecule has 0 aromatic heterocycles. The number of hydrogen-bond acceptors (Lipinski definition) is 5. The zero-order valence-corrected chi connectivity index (χ0v) is 37.0. The van der Waals surface area contributed by atoms with Gasteiger partial charge in [-0.2, -0.15) is 0 Å². The molecule has 4 N–H and O–H groups in total. The van der Waals surface area contributed by atoms with Gasteiger partial charge in [0.05, 0.1) is 23.8 Å². The number of benzene rings is 2. The first-order valence-corrected chi connectivity index (χ1v) is 22.8. The van der Waals surface area contributed by atoms with Gasteiger partial charge in [-0.1, -0.05) is 156 Å². The smallest absolute Gasteiger partial charge is 0.308 e. The molecule has 0 spiro atoms. The van der Waals surface area contributed by atoms with E-state index >= 15 is 0 Å². The number of nitrogens with two attached hydrogens (primary N) is 1. The van der Waals surface area contributed by atoms with Crippen LogP contribution >= 0.6 is 129 Å². The fraction of sp³-hybridized carbons (Fsp3) is 0.464. The molecule has 0 unspecified atom stereocenters. The number of halogens is 9. The van der Waals surface area contributed by atoms with Crippen LogP contribution in [0.4, 0.5) is 0 Å². The minimum Gasteiger partial charge on any atom is -0.481 e. The van der Waals surface area contributed by atoms with Crippen LogP contribution in [-0.4, -0.2) is 58.4 Å². The summed E-state index contributed by atoms with van der Waals surface area (Å²) in [5, 5.41) is 14.6. The lowest BCUT2D eigenvalue weighted by molar-refractivity contribution is -0.140. The second-order valence-corrected chi connectivity index (χ2v) is 15.5. The van der Waals surface area contributed by atoms with Crippen LogP contribution in [0.15, 0.2) is 60.7 Å². The van der Waals surface area contributed by atoms with Crippen molar-refractivity contribution in [3.63, 3.8) is 0 Å². The summed E-state index contributed by atoms with van der Waals surface area (Å²) in [6.07, 6.45) is 0. The number of aliphatic carboxylic acids is 1. The summed E-state index contributed by atoms with van der Waals surface area (Å²) in [5.74, 6) is -1.10. The monoisotopic (exact) mass is 1090 g/mol. The molecule has 1 amide bonds. The molecule has 258 valence electrons. The number of hydrogen-bond donors (Lipinski definition) is 3. The summed E-state index contributed by atoms with van der Waals surface area (Å²) >= 11 is 24.2. The van der Waals surface area contributed by atoms with Gasteiger partial charge in [-0.05, 0) is 36.6 Å². The van der Waals surface area contributed by atoms with E-state index in [0.717, 1.165) is 5.56 Å². The predicted molar refractivity (Wildman–Crippen MR) is 214 cm³/mol. The average Bonchev–Trinajstić information content (AvgIpc) is 3.00. The SMILES string of the molecule is C[C@@H](N)c1ccccc1.C[C@@H](NC(=O)C(CBr)CBr)c1ccccc1.O=C(Cl)C(CBr)CBr.O=C(O)C(CBr)CBr.O=S(Cl)Cl. The maximum Gasteiger partial charge on any atom is 0.308 e. The number of carbonyl (C=O) groups is 3.